The molecule has 0 fully saturated rings. The van der Waals surface area contributed by atoms with Gasteiger partial charge in [0.05, 0.1) is 29.7 Å². The van der Waals surface area contributed by atoms with E-state index in [-0.39, 0.29) is 29.1 Å². The molecule has 0 saturated heterocycles. The third kappa shape index (κ3) is 4.85. The molecule has 168 valence electrons. The van der Waals surface area contributed by atoms with Gasteiger partial charge in [-0.3, -0.25) is 15.1 Å². The predicted molar refractivity (Wildman–Crippen MR) is 112 cm³/mol. The van der Waals surface area contributed by atoms with Crippen LogP contribution in [0.2, 0.25) is 0 Å². The Morgan fingerprint density at radius 3 is 2.47 bits per heavy atom. The first-order valence-corrected chi connectivity index (χ1v) is 10.1. The predicted octanol–water partition coefficient (Wildman–Crippen LogP) is 4.84. The van der Waals surface area contributed by atoms with Gasteiger partial charge in [-0.1, -0.05) is 15.9 Å². The minimum atomic E-state index is -1.27. The first kappa shape index (κ1) is 23.1. The van der Waals surface area contributed by atoms with Gasteiger partial charge in [-0.25, -0.2) is 13.6 Å². The van der Waals surface area contributed by atoms with Crippen molar-refractivity contribution in [2.24, 2.45) is 0 Å². The van der Waals surface area contributed by atoms with Crippen LogP contribution >= 0.6 is 15.9 Å². The van der Waals surface area contributed by atoms with Gasteiger partial charge in [0.15, 0.2) is 35.0 Å². The normalized spacial score (nSPS) is 11.8. The zero-order chi connectivity index (χ0) is 23.4. The van der Waals surface area contributed by atoms with E-state index in [4.69, 9.17) is 14.2 Å². The molecule has 0 aliphatic rings. The molecule has 0 bridgehead atoms. The Morgan fingerprint density at radius 2 is 1.91 bits per heavy atom. The van der Waals surface area contributed by atoms with Gasteiger partial charge in [0.1, 0.15) is 5.75 Å². The molecule has 1 heterocycles. The standard InChI is InChI=1S/C20H15BrF2N2O7/c1-30-17-9-14-11(8-18(17)31-16(2-4-21)20(26)27)15(3-5-24-14)32-19-12(22)6-10(25(28)29)7-13(19)23/h3,5-9,16H,2,4H2,1H3,(H,26,27). The first-order valence-electron chi connectivity index (χ1n) is 8.98. The summed E-state index contributed by atoms with van der Waals surface area (Å²) in [5.74, 6) is -4.37. The average molecular weight is 513 g/mol. The van der Waals surface area contributed by atoms with Crippen molar-refractivity contribution in [1.82, 2.24) is 4.98 Å². The number of non-ortho nitro benzene ring substituents is 1. The Bertz CT molecular complexity index is 1170. The number of carboxylic acids is 1. The lowest BCUT2D eigenvalue weighted by Crippen LogP contribution is -2.27. The molecule has 12 heteroatoms. The van der Waals surface area contributed by atoms with Crippen LogP contribution in [0.5, 0.6) is 23.0 Å². The number of hydrogen-bond acceptors (Lipinski definition) is 7. The van der Waals surface area contributed by atoms with E-state index in [0.29, 0.717) is 23.0 Å². The quantitative estimate of drug-likeness (QED) is 0.245. The number of rotatable bonds is 9. The second kappa shape index (κ2) is 9.73. The molecule has 1 N–H and O–H groups in total. The Kier molecular flexibility index (Phi) is 7.03. The van der Waals surface area contributed by atoms with Crippen molar-refractivity contribution in [3.8, 4) is 23.0 Å². The van der Waals surface area contributed by atoms with Crippen molar-refractivity contribution in [1.29, 1.82) is 0 Å². The highest BCUT2D eigenvalue weighted by atomic mass is 79.9. The zero-order valence-corrected chi connectivity index (χ0v) is 18.0. The fraction of sp³-hybridized carbons (Fsp3) is 0.200. The summed E-state index contributed by atoms with van der Waals surface area (Å²) in [6.45, 7) is 0. The van der Waals surface area contributed by atoms with E-state index in [1.165, 1.54) is 31.5 Å². The summed E-state index contributed by atoms with van der Waals surface area (Å²) >= 11 is 3.17. The average Bonchev–Trinajstić information content (AvgIpc) is 2.75. The minimum absolute atomic E-state index is 0.0403. The van der Waals surface area contributed by atoms with Gasteiger partial charge in [-0.15, -0.1) is 0 Å². The van der Waals surface area contributed by atoms with Crippen LogP contribution in [-0.4, -0.2) is 39.5 Å². The molecule has 1 unspecified atom stereocenters. The van der Waals surface area contributed by atoms with Gasteiger partial charge in [0.2, 0.25) is 0 Å². The van der Waals surface area contributed by atoms with Gasteiger partial charge in [0, 0.05) is 29.4 Å². The first-order chi connectivity index (χ1) is 15.2. The van der Waals surface area contributed by atoms with Crippen LogP contribution in [0.3, 0.4) is 0 Å². The smallest absolute Gasteiger partial charge is 0.344 e. The molecule has 0 saturated carbocycles. The summed E-state index contributed by atoms with van der Waals surface area (Å²) in [6, 6.07) is 5.23. The van der Waals surface area contributed by atoms with Crippen LogP contribution in [0.1, 0.15) is 6.42 Å². The summed E-state index contributed by atoms with van der Waals surface area (Å²) in [5.41, 5.74) is -0.458. The molecule has 0 aliphatic heterocycles. The Balaban J connectivity index is 2.07. The minimum Gasteiger partial charge on any atom is -0.493 e. The molecule has 0 aliphatic carbocycles. The van der Waals surface area contributed by atoms with Gasteiger partial charge < -0.3 is 19.3 Å². The van der Waals surface area contributed by atoms with Crippen molar-refractivity contribution >= 4 is 38.5 Å². The van der Waals surface area contributed by atoms with Gasteiger partial charge in [0.25, 0.3) is 5.69 Å². The third-order valence-corrected chi connectivity index (χ3v) is 4.77. The molecule has 0 amide bonds. The summed E-state index contributed by atoms with van der Waals surface area (Å²) in [6.07, 6.45) is 0.293. The number of alkyl halides is 1. The Labute approximate surface area is 187 Å². The number of ether oxygens (including phenoxy) is 3. The van der Waals surface area contributed by atoms with Crippen molar-refractivity contribution < 1.29 is 37.8 Å². The molecule has 1 aromatic heterocycles. The molecule has 1 atom stereocenters. The monoisotopic (exact) mass is 512 g/mol. The molecule has 2 aromatic carbocycles. The van der Waals surface area contributed by atoms with Crippen LogP contribution in [0.4, 0.5) is 14.5 Å². The number of halogens is 3. The second-order valence-corrected chi connectivity index (χ2v) is 7.14. The number of carboxylic acid groups (broad SMARTS) is 1. The summed E-state index contributed by atoms with van der Waals surface area (Å²) in [4.78, 5) is 25.5. The number of aliphatic carboxylic acids is 1. The molecule has 32 heavy (non-hydrogen) atoms. The van der Waals surface area contributed by atoms with E-state index in [1.54, 1.807) is 0 Å². The number of methoxy groups -OCH3 is 1. The molecule has 0 spiro atoms. The Morgan fingerprint density at radius 1 is 1.22 bits per heavy atom. The lowest BCUT2D eigenvalue weighted by molar-refractivity contribution is -0.385. The molecule has 0 radical (unpaired) electrons. The van der Waals surface area contributed by atoms with Gasteiger partial charge >= 0.3 is 5.97 Å². The maximum absolute atomic E-state index is 14.3. The molecular weight excluding hydrogens is 498 g/mol. The Hall–Kier alpha value is -3.54. The highest BCUT2D eigenvalue weighted by molar-refractivity contribution is 9.09. The van der Waals surface area contributed by atoms with E-state index >= 15 is 0 Å². The van der Waals surface area contributed by atoms with E-state index in [9.17, 15) is 28.8 Å². The van der Waals surface area contributed by atoms with E-state index in [1.807, 2.05) is 0 Å². The van der Waals surface area contributed by atoms with Crippen LogP contribution in [0, 0.1) is 21.7 Å². The summed E-state index contributed by atoms with van der Waals surface area (Å²) in [5, 5.41) is 20.8. The van der Waals surface area contributed by atoms with Crippen molar-refractivity contribution in [3.05, 3.63) is 58.3 Å². The molecule has 3 rings (SSSR count). The van der Waals surface area contributed by atoms with Crippen LogP contribution in [-0.2, 0) is 4.79 Å². The number of fused-ring (bicyclic) bond motifs is 1. The molecule has 3 aromatic rings. The van der Waals surface area contributed by atoms with Crippen molar-refractivity contribution in [3.63, 3.8) is 0 Å². The number of carbonyl (C=O) groups is 1. The zero-order valence-electron chi connectivity index (χ0n) is 16.4. The third-order valence-electron chi connectivity index (χ3n) is 4.31. The van der Waals surface area contributed by atoms with E-state index in [0.717, 1.165) is 0 Å². The van der Waals surface area contributed by atoms with Gasteiger partial charge in [-0.2, -0.15) is 0 Å². The maximum Gasteiger partial charge on any atom is 0.344 e. The largest absolute Gasteiger partial charge is 0.493 e. The number of nitro benzene ring substituents is 1. The van der Waals surface area contributed by atoms with Gasteiger partial charge in [-0.05, 0) is 12.1 Å². The summed E-state index contributed by atoms with van der Waals surface area (Å²) < 4.78 is 44.8. The van der Waals surface area contributed by atoms with Crippen LogP contribution in [0.25, 0.3) is 10.9 Å². The fourth-order valence-corrected chi connectivity index (χ4v) is 3.23. The molecule has 9 nitrogen and oxygen atoms in total. The SMILES string of the molecule is COc1cc2nccc(Oc3c(F)cc([N+](=O)[O-])cc3F)c2cc1OC(CCBr)C(=O)O. The van der Waals surface area contributed by atoms with E-state index in [2.05, 4.69) is 20.9 Å². The van der Waals surface area contributed by atoms with E-state index < -0.39 is 40.1 Å². The number of nitro groups is 1. The fourth-order valence-electron chi connectivity index (χ4n) is 2.81. The number of pyridine rings is 1. The van der Waals surface area contributed by atoms with Crippen molar-refractivity contribution in [2.75, 3.05) is 12.4 Å². The van der Waals surface area contributed by atoms with Crippen molar-refractivity contribution in [2.45, 2.75) is 12.5 Å². The summed E-state index contributed by atoms with van der Waals surface area (Å²) in [7, 11) is 1.36. The maximum atomic E-state index is 14.3. The van der Waals surface area contributed by atoms with Crippen LogP contribution < -0.4 is 14.2 Å². The highest BCUT2D eigenvalue weighted by Gasteiger charge is 2.23. The lowest BCUT2D eigenvalue weighted by atomic mass is 10.1. The number of aromatic nitrogens is 1. The molecular formula is C20H15BrF2N2O7. The number of nitrogens with zero attached hydrogens (tertiary/aromatic N) is 2. The topological polar surface area (TPSA) is 121 Å². The lowest BCUT2D eigenvalue weighted by Gasteiger charge is -2.18. The number of hydrogen-bond donors (Lipinski definition) is 1. The number of benzene rings is 2. The highest BCUT2D eigenvalue weighted by Crippen LogP contribution is 2.39. The van der Waals surface area contributed by atoms with Crippen LogP contribution in [0.15, 0.2) is 36.5 Å². The second-order valence-electron chi connectivity index (χ2n) is 6.35.